The lowest BCUT2D eigenvalue weighted by Gasteiger charge is -2.39. The number of amides is 2. The third kappa shape index (κ3) is 4.18. The van der Waals surface area contributed by atoms with Gasteiger partial charge in [0.2, 0.25) is 0 Å². The highest BCUT2D eigenvalue weighted by molar-refractivity contribution is 5.74. The van der Waals surface area contributed by atoms with Gasteiger partial charge in [0.25, 0.3) is 0 Å². The predicted octanol–water partition coefficient (Wildman–Crippen LogP) is 5.14. The summed E-state index contributed by atoms with van der Waals surface area (Å²) < 4.78 is 26.2. The number of piperidine rings is 2. The maximum atomic E-state index is 13.1. The van der Waals surface area contributed by atoms with Crippen LogP contribution in [0.25, 0.3) is 0 Å². The number of hydrogen-bond donors (Lipinski definition) is 0. The Hall–Kier alpha value is -2.43. The van der Waals surface area contributed by atoms with Crippen LogP contribution in [0.15, 0.2) is 48.5 Å². The van der Waals surface area contributed by atoms with E-state index in [0.717, 1.165) is 63.0 Å². The van der Waals surface area contributed by atoms with E-state index in [1.165, 1.54) is 24.3 Å². The summed E-state index contributed by atoms with van der Waals surface area (Å²) in [5.41, 5.74) is 2.32. The van der Waals surface area contributed by atoms with Gasteiger partial charge in [-0.05, 0) is 72.9 Å². The van der Waals surface area contributed by atoms with Crippen molar-refractivity contribution in [2.45, 2.75) is 37.5 Å². The van der Waals surface area contributed by atoms with Crippen molar-refractivity contribution >= 4 is 6.03 Å². The van der Waals surface area contributed by atoms with Crippen molar-refractivity contribution in [3.8, 4) is 0 Å². The highest BCUT2D eigenvalue weighted by Crippen LogP contribution is 2.31. The van der Waals surface area contributed by atoms with E-state index < -0.39 is 0 Å². The van der Waals surface area contributed by atoms with E-state index in [2.05, 4.69) is 0 Å². The maximum absolute atomic E-state index is 13.1. The Morgan fingerprint density at radius 3 is 1.29 bits per heavy atom. The Labute approximate surface area is 165 Å². The minimum Gasteiger partial charge on any atom is -0.325 e. The second-order valence-electron chi connectivity index (χ2n) is 7.91. The number of carbonyl (C=O) groups excluding carboxylic acids is 1. The number of hydrogen-bond acceptors (Lipinski definition) is 1. The van der Waals surface area contributed by atoms with Gasteiger partial charge in [-0.2, -0.15) is 0 Å². The van der Waals surface area contributed by atoms with Crippen LogP contribution < -0.4 is 0 Å². The van der Waals surface area contributed by atoms with Crippen LogP contribution in [0.2, 0.25) is 0 Å². The molecule has 0 unspecified atom stereocenters. The third-order valence-electron chi connectivity index (χ3n) is 6.21. The first kappa shape index (κ1) is 18.9. The number of benzene rings is 2. The maximum Gasteiger partial charge on any atom is 0.319 e. The number of likely N-dealkylation sites (tertiary alicyclic amines) is 2. The highest BCUT2D eigenvalue weighted by atomic mass is 19.1. The van der Waals surface area contributed by atoms with Crippen molar-refractivity contribution < 1.29 is 13.6 Å². The van der Waals surface area contributed by atoms with Crippen LogP contribution in [0.4, 0.5) is 13.6 Å². The topological polar surface area (TPSA) is 23.6 Å². The molecule has 2 heterocycles. The largest absolute Gasteiger partial charge is 0.325 e. The molecule has 0 N–H and O–H groups in total. The average Bonchev–Trinajstić information content (AvgIpc) is 2.75. The van der Waals surface area contributed by atoms with E-state index in [1.54, 1.807) is 0 Å². The monoisotopic (exact) mass is 384 g/mol. The summed E-state index contributed by atoms with van der Waals surface area (Å²) in [5, 5.41) is 0. The van der Waals surface area contributed by atoms with Crippen molar-refractivity contribution in [2.24, 2.45) is 0 Å². The second-order valence-corrected chi connectivity index (χ2v) is 7.91. The fraction of sp³-hybridized carbons (Fsp3) is 0.435. The molecule has 0 atom stereocenters. The Balaban J connectivity index is 1.28. The first-order valence-electron chi connectivity index (χ1n) is 10.1. The smallest absolute Gasteiger partial charge is 0.319 e. The molecule has 5 heteroatoms. The Morgan fingerprint density at radius 1 is 0.643 bits per heavy atom. The normalized spacial score (nSPS) is 19.1. The van der Waals surface area contributed by atoms with Crippen LogP contribution in [0.1, 0.15) is 48.6 Å². The SMILES string of the molecule is O=C(N1CCC(c2ccc(F)cc2)CC1)N1CCC(c2ccc(F)cc2)CC1. The molecule has 0 saturated carbocycles. The van der Waals surface area contributed by atoms with E-state index in [0.29, 0.717) is 11.8 Å². The molecule has 2 fully saturated rings. The van der Waals surface area contributed by atoms with Gasteiger partial charge in [0, 0.05) is 26.2 Å². The van der Waals surface area contributed by atoms with Crippen molar-refractivity contribution in [2.75, 3.05) is 26.2 Å². The molecule has 2 amide bonds. The van der Waals surface area contributed by atoms with Crippen molar-refractivity contribution in [1.82, 2.24) is 9.80 Å². The molecule has 0 aromatic heterocycles. The number of carbonyl (C=O) groups is 1. The fourth-order valence-corrected chi connectivity index (χ4v) is 4.48. The molecule has 28 heavy (non-hydrogen) atoms. The zero-order valence-electron chi connectivity index (χ0n) is 16.0. The van der Waals surface area contributed by atoms with E-state index in [-0.39, 0.29) is 17.7 Å². The minimum absolute atomic E-state index is 0.134. The lowest BCUT2D eigenvalue weighted by atomic mass is 9.89. The van der Waals surface area contributed by atoms with Gasteiger partial charge < -0.3 is 9.80 Å². The molecule has 4 rings (SSSR count). The van der Waals surface area contributed by atoms with Gasteiger partial charge in [0.1, 0.15) is 11.6 Å². The van der Waals surface area contributed by atoms with Crippen molar-refractivity contribution in [3.05, 3.63) is 71.3 Å². The predicted molar refractivity (Wildman–Crippen MR) is 105 cm³/mol. The molecule has 0 bridgehead atoms. The summed E-state index contributed by atoms with van der Waals surface area (Å²) in [6, 6.07) is 13.6. The first-order chi connectivity index (χ1) is 13.6. The van der Waals surface area contributed by atoms with Gasteiger partial charge >= 0.3 is 6.03 Å². The van der Waals surface area contributed by atoms with E-state index in [4.69, 9.17) is 0 Å². The lowest BCUT2D eigenvalue weighted by molar-refractivity contribution is 0.128. The summed E-state index contributed by atoms with van der Waals surface area (Å²) in [4.78, 5) is 16.8. The van der Waals surface area contributed by atoms with Crippen molar-refractivity contribution in [3.63, 3.8) is 0 Å². The molecule has 3 nitrogen and oxygen atoms in total. The summed E-state index contributed by atoms with van der Waals surface area (Å²) in [6.45, 7) is 3.00. The molecule has 2 aromatic rings. The molecule has 2 aliphatic rings. The molecule has 2 saturated heterocycles. The molecule has 2 aliphatic heterocycles. The average molecular weight is 384 g/mol. The minimum atomic E-state index is -0.208. The Morgan fingerprint density at radius 2 is 0.964 bits per heavy atom. The quantitative estimate of drug-likeness (QED) is 0.703. The first-order valence-corrected chi connectivity index (χ1v) is 10.1. The van der Waals surface area contributed by atoms with Gasteiger partial charge in [-0.1, -0.05) is 24.3 Å². The molecule has 2 aromatic carbocycles. The Bertz CT molecular complexity index is 723. The highest BCUT2D eigenvalue weighted by Gasteiger charge is 2.30. The number of halogens is 2. The van der Waals surface area contributed by atoms with Crippen LogP contribution in [-0.2, 0) is 0 Å². The second kappa shape index (κ2) is 8.29. The molecule has 148 valence electrons. The van der Waals surface area contributed by atoms with Gasteiger partial charge in [0.15, 0.2) is 0 Å². The standard InChI is InChI=1S/C23H26F2N2O/c24-21-5-1-17(2-6-21)19-9-13-26(14-10-19)23(28)27-15-11-20(12-16-27)18-3-7-22(25)8-4-18/h1-8,19-20H,9-16H2. The van der Waals surface area contributed by atoms with Crippen LogP contribution in [0, 0.1) is 11.6 Å². The van der Waals surface area contributed by atoms with Crippen LogP contribution >= 0.6 is 0 Å². The molecule has 0 spiro atoms. The van der Waals surface area contributed by atoms with E-state index in [1.807, 2.05) is 34.1 Å². The summed E-state index contributed by atoms with van der Waals surface area (Å²) in [6.07, 6.45) is 3.68. The van der Waals surface area contributed by atoms with Gasteiger partial charge in [-0.15, -0.1) is 0 Å². The summed E-state index contributed by atoms with van der Waals surface area (Å²) >= 11 is 0. The lowest BCUT2D eigenvalue weighted by Crippen LogP contribution is -2.48. The van der Waals surface area contributed by atoms with Crippen LogP contribution in [0.5, 0.6) is 0 Å². The molecule has 0 radical (unpaired) electrons. The zero-order valence-corrected chi connectivity index (χ0v) is 16.0. The summed E-state index contributed by atoms with van der Waals surface area (Å²) in [5.74, 6) is 0.378. The van der Waals surface area contributed by atoms with E-state index >= 15 is 0 Å². The molecule has 0 aliphatic carbocycles. The van der Waals surface area contributed by atoms with Crippen molar-refractivity contribution in [1.29, 1.82) is 0 Å². The Kier molecular flexibility index (Phi) is 5.60. The number of rotatable bonds is 2. The fourth-order valence-electron chi connectivity index (χ4n) is 4.48. The number of urea groups is 1. The van der Waals surface area contributed by atoms with Gasteiger partial charge in [0.05, 0.1) is 0 Å². The van der Waals surface area contributed by atoms with Gasteiger partial charge in [-0.25, -0.2) is 13.6 Å². The summed E-state index contributed by atoms with van der Waals surface area (Å²) in [7, 11) is 0. The third-order valence-corrected chi connectivity index (χ3v) is 6.21. The van der Waals surface area contributed by atoms with Gasteiger partial charge in [-0.3, -0.25) is 0 Å². The molecular weight excluding hydrogens is 358 g/mol. The van der Waals surface area contributed by atoms with E-state index in [9.17, 15) is 13.6 Å². The molecular formula is C23H26F2N2O. The van der Waals surface area contributed by atoms with Crippen LogP contribution in [-0.4, -0.2) is 42.0 Å². The number of nitrogens with zero attached hydrogens (tertiary/aromatic N) is 2. The van der Waals surface area contributed by atoms with Crippen LogP contribution in [0.3, 0.4) is 0 Å². The zero-order chi connectivity index (χ0) is 19.5.